The molecule has 0 aliphatic carbocycles. The van der Waals surface area contributed by atoms with Gasteiger partial charge in [0.1, 0.15) is 18.4 Å². The number of amides is 1. The van der Waals surface area contributed by atoms with Gasteiger partial charge >= 0.3 is 5.97 Å². The molecule has 6 heteroatoms. The molecule has 1 aliphatic rings. The Morgan fingerprint density at radius 1 is 1.38 bits per heavy atom. The molecule has 2 atom stereocenters. The molecule has 21 heavy (non-hydrogen) atoms. The molecule has 0 bridgehead atoms. The summed E-state index contributed by atoms with van der Waals surface area (Å²) in [5.41, 5.74) is 0.362. The van der Waals surface area contributed by atoms with Gasteiger partial charge in [0.05, 0.1) is 6.10 Å². The van der Waals surface area contributed by atoms with Gasteiger partial charge in [-0.3, -0.25) is 4.79 Å². The number of carboxylic acid groups (broad SMARTS) is 1. The number of aliphatic carboxylic acids is 1. The van der Waals surface area contributed by atoms with Crippen molar-refractivity contribution in [2.45, 2.75) is 18.6 Å². The molecule has 0 aromatic heterocycles. The van der Waals surface area contributed by atoms with Crippen molar-refractivity contribution in [3.05, 3.63) is 42.5 Å². The lowest BCUT2D eigenvalue weighted by Gasteiger charge is -2.21. The average molecular weight is 291 g/mol. The topological polar surface area (TPSA) is 87.1 Å². The number of benzene rings is 1. The maximum Gasteiger partial charge on any atom is 0.326 e. The van der Waals surface area contributed by atoms with Crippen LogP contribution in [0.2, 0.25) is 0 Å². The van der Waals surface area contributed by atoms with Crippen LogP contribution in [0.1, 0.15) is 16.8 Å². The average Bonchev–Trinajstić information content (AvgIpc) is 2.87. The molecule has 0 unspecified atom stereocenters. The monoisotopic (exact) mass is 291 g/mol. The van der Waals surface area contributed by atoms with Gasteiger partial charge in [0, 0.05) is 18.5 Å². The number of hydrogen-bond acceptors (Lipinski definition) is 4. The van der Waals surface area contributed by atoms with Crippen LogP contribution < -0.4 is 4.74 Å². The van der Waals surface area contributed by atoms with Crippen LogP contribution in [0.15, 0.2) is 36.9 Å². The van der Waals surface area contributed by atoms with Crippen LogP contribution in [-0.2, 0) is 4.79 Å². The third kappa shape index (κ3) is 3.41. The number of β-amino-alcohol motifs (C(OH)–C–C–N with tert-alkyl or cyclic N) is 1. The normalized spacial score (nSPS) is 21.1. The van der Waals surface area contributed by atoms with Crippen LogP contribution in [0.3, 0.4) is 0 Å². The first kappa shape index (κ1) is 15.1. The number of likely N-dealkylation sites (tertiary alicyclic amines) is 1. The van der Waals surface area contributed by atoms with E-state index in [0.717, 1.165) is 0 Å². The predicted molar refractivity (Wildman–Crippen MR) is 75.2 cm³/mol. The second kappa shape index (κ2) is 6.41. The van der Waals surface area contributed by atoms with E-state index < -0.39 is 24.0 Å². The van der Waals surface area contributed by atoms with Crippen LogP contribution in [-0.4, -0.2) is 52.3 Å². The van der Waals surface area contributed by atoms with Crippen molar-refractivity contribution in [2.75, 3.05) is 13.2 Å². The Balaban J connectivity index is 2.12. The van der Waals surface area contributed by atoms with Crippen molar-refractivity contribution in [1.29, 1.82) is 0 Å². The highest BCUT2D eigenvalue weighted by atomic mass is 16.5. The summed E-state index contributed by atoms with van der Waals surface area (Å²) in [6.45, 7) is 3.94. The highest BCUT2D eigenvalue weighted by Gasteiger charge is 2.39. The lowest BCUT2D eigenvalue weighted by atomic mass is 10.1. The molecule has 0 radical (unpaired) electrons. The number of aliphatic hydroxyl groups excluding tert-OH is 1. The highest BCUT2D eigenvalue weighted by molar-refractivity contribution is 5.97. The van der Waals surface area contributed by atoms with Gasteiger partial charge in [-0.05, 0) is 24.3 Å². The smallest absolute Gasteiger partial charge is 0.326 e. The van der Waals surface area contributed by atoms with E-state index in [1.165, 1.54) is 4.90 Å². The molecule has 0 spiro atoms. The van der Waals surface area contributed by atoms with Crippen molar-refractivity contribution < 1.29 is 24.5 Å². The fourth-order valence-corrected chi connectivity index (χ4v) is 2.29. The summed E-state index contributed by atoms with van der Waals surface area (Å²) in [5.74, 6) is -0.914. The summed E-state index contributed by atoms with van der Waals surface area (Å²) in [6.07, 6.45) is 0.870. The van der Waals surface area contributed by atoms with Crippen molar-refractivity contribution in [1.82, 2.24) is 4.90 Å². The Morgan fingerprint density at radius 3 is 2.62 bits per heavy atom. The summed E-state index contributed by atoms with van der Waals surface area (Å²) < 4.78 is 5.31. The molecular weight excluding hydrogens is 274 g/mol. The van der Waals surface area contributed by atoms with Crippen molar-refractivity contribution in [3.63, 3.8) is 0 Å². The second-order valence-corrected chi connectivity index (χ2v) is 4.83. The fourth-order valence-electron chi connectivity index (χ4n) is 2.29. The molecule has 2 rings (SSSR count). The molecule has 6 nitrogen and oxygen atoms in total. The maximum absolute atomic E-state index is 12.3. The molecule has 1 aliphatic heterocycles. The van der Waals surface area contributed by atoms with E-state index in [1.54, 1.807) is 30.3 Å². The van der Waals surface area contributed by atoms with Crippen LogP contribution in [0, 0.1) is 0 Å². The number of carbonyl (C=O) groups is 2. The third-order valence-electron chi connectivity index (χ3n) is 3.29. The summed E-state index contributed by atoms with van der Waals surface area (Å²) >= 11 is 0. The third-order valence-corrected chi connectivity index (χ3v) is 3.29. The molecule has 1 heterocycles. The fraction of sp³-hybridized carbons (Fsp3) is 0.333. The highest BCUT2D eigenvalue weighted by Crippen LogP contribution is 2.22. The van der Waals surface area contributed by atoms with E-state index in [-0.39, 0.29) is 13.0 Å². The number of carbonyl (C=O) groups excluding carboxylic acids is 1. The first-order valence-corrected chi connectivity index (χ1v) is 6.58. The van der Waals surface area contributed by atoms with E-state index >= 15 is 0 Å². The van der Waals surface area contributed by atoms with Gasteiger partial charge in [-0.25, -0.2) is 4.79 Å². The van der Waals surface area contributed by atoms with Crippen molar-refractivity contribution >= 4 is 11.9 Å². The molecule has 1 aromatic rings. The largest absolute Gasteiger partial charge is 0.490 e. The maximum atomic E-state index is 12.3. The van der Waals surface area contributed by atoms with E-state index in [9.17, 15) is 14.7 Å². The van der Waals surface area contributed by atoms with Crippen LogP contribution in [0.25, 0.3) is 0 Å². The first-order valence-electron chi connectivity index (χ1n) is 6.58. The van der Waals surface area contributed by atoms with E-state index in [1.807, 2.05) is 0 Å². The van der Waals surface area contributed by atoms with E-state index in [4.69, 9.17) is 9.84 Å². The Bertz CT molecular complexity index is 539. The number of carboxylic acids is 1. The van der Waals surface area contributed by atoms with Crippen LogP contribution >= 0.6 is 0 Å². The van der Waals surface area contributed by atoms with Gasteiger partial charge in [-0.15, -0.1) is 0 Å². The van der Waals surface area contributed by atoms with Gasteiger partial charge < -0.3 is 19.8 Å². The molecule has 1 aromatic carbocycles. The molecule has 1 saturated heterocycles. The lowest BCUT2D eigenvalue weighted by molar-refractivity contribution is -0.141. The molecule has 1 amide bonds. The minimum Gasteiger partial charge on any atom is -0.490 e. The Labute approximate surface area is 122 Å². The number of hydrogen-bond donors (Lipinski definition) is 2. The number of nitrogens with zero attached hydrogens (tertiary/aromatic N) is 1. The zero-order chi connectivity index (χ0) is 15.4. The first-order chi connectivity index (χ1) is 10.0. The standard InChI is InChI=1S/C15H17NO5/c1-2-7-21-12-5-3-10(4-6-12)14(18)16-9-11(17)8-13(16)15(19)20/h2-6,11,13,17H,1,7-9H2,(H,19,20)/t11-,13-/m0/s1. The van der Waals surface area contributed by atoms with Crippen LogP contribution in [0.4, 0.5) is 0 Å². The van der Waals surface area contributed by atoms with Gasteiger partial charge in [-0.2, -0.15) is 0 Å². The van der Waals surface area contributed by atoms with Gasteiger partial charge in [0.2, 0.25) is 0 Å². The molecule has 2 N–H and O–H groups in total. The minimum absolute atomic E-state index is 0.0323. The SMILES string of the molecule is C=CCOc1ccc(C(=O)N2C[C@@H](O)C[C@H]2C(=O)O)cc1. The Hall–Kier alpha value is -2.34. The summed E-state index contributed by atoms with van der Waals surface area (Å²) in [7, 11) is 0. The number of rotatable bonds is 5. The van der Waals surface area contributed by atoms with Crippen molar-refractivity contribution in [3.8, 4) is 5.75 Å². The zero-order valence-corrected chi connectivity index (χ0v) is 11.4. The predicted octanol–water partition coefficient (Wildman–Crippen LogP) is 0.911. The Kier molecular flexibility index (Phi) is 4.59. The Morgan fingerprint density at radius 2 is 2.05 bits per heavy atom. The van der Waals surface area contributed by atoms with Gasteiger partial charge in [0.25, 0.3) is 5.91 Å². The van der Waals surface area contributed by atoms with Crippen LogP contribution in [0.5, 0.6) is 5.75 Å². The second-order valence-electron chi connectivity index (χ2n) is 4.83. The number of ether oxygens (including phenoxy) is 1. The lowest BCUT2D eigenvalue weighted by Crippen LogP contribution is -2.40. The van der Waals surface area contributed by atoms with Crippen molar-refractivity contribution in [2.24, 2.45) is 0 Å². The molecule has 0 saturated carbocycles. The zero-order valence-electron chi connectivity index (χ0n) is 11.4. The van der Waals surface area contributed by atoms with E-state index in [0.29, 0.717) is 17.9 Å². The molecule has 1 fully saturated rings. The molecule has 112 valence electrons. The quantitative estimate of drug-likeness (QED) is 0.787. The molecular formula is C15H17NO5. The van der Waals surface area contributed by atoms with Gasteiger partial charge in [0.15, 0.2) is 0 Å². The minimum atomic E-state index is -1.11. The van der Waals surface area contributed by atoms with E-state index in [2.05, 4.69) is 6.58 Å². The number of aliphatic hydroxyl groups is 1. The van der Waals surface area contributed by atoms with Gasteiger partial charge in [-0.1, -0.05) is 12.7 Å². The summed E-state index contributed by atoms with van der Waals surface area (Å²) in [5, 5.41) is 18.7. The summed E-state index contributed by atoms with van der Waals surface area (Å²) in [6, 6.07) is 5.44. The summed E-state index contributed by atoms with van der Waals surface area (Å²) in [4.78, 5) is 24.6.